The zero-order chi connectivity index (χ0) is 14.9. The summed E-state index contributed by atoms with van der Waals surface area (Å²) in [6.07, 6.45) is 2.32. The fraction of sp³-hybridized carbons (Fsp3) is 0.357. The molecule has 0 radical (unpaired) electrons. The molecule has 21 heavy (non-hydrogen) atoms. The minimum absolute atomic E-state index is 0.329. The number of aryl methyl sites for hydroxylation is 1. The fourth-order valence-corrected chi connectivity index (χ4v) is 3.56. The molecule has 1 aliphatic heterocycles. The van der Waals surface area contributed by atoms with Crippen molar-refractivity contribution in [2.24, 2.45) is 7.05 Å². The lowest BCUT2D eigenvalue weighted by atomic mass is 10.1. The van der Waals surface area contributed by atoms with Crippen LogP contribution < -0.4 is 10.0 Å². The molecule has 0 bridgehead atoms. The summed E-state index contributed by atoms with van der Waals surface area (Å²) in [7, 11) is -1.61. The van der Waals surface area contributed by atoms with Crippen LogP contribution in [0.2, 0.25) is 0 Å². The standard InChI is InChI=1S/C14H18N4O2S/c1-18-13(4-6-16-18)5-7-17-21(19,20)14-3-2-11-9-15-10-12(11)8-14/h2-4,6,8,15,17H,5,7,9-10H2,1H3. The molecule has 3 rings (SSSR count). The number of hydrogen-bond donors (Lipinski definition) is 2. The fourth-order valence-electron chi connectivity index (χ4n) is 2.48. The van der Waals surface area contributed by atoms with Crippen LogP contribution in [0.25, 0.3) is 0 Å². The Morgan fingerprint density at radius 2 is 2.10 bits per heavy atom. The Morgan fingerprint density at radius 3 is 2.86 bits per heavy atom. The molecule has 2 heterocycles. The molecule has 1 aliphatic rings. The number of benzene rings is 1. The second kappa shape index (κ2) is 5.59. The summed E-state index contributed by atoms with van der Waals surface area (Å²) >= 11 is 0. The largest absolute Gasteiger partial charge is 0.309 e. The van der Waals surface area contributed by atoms with Crippen molar-refractivity contribution in [3.63, 3.8) is 0 Å². The first kappa shape index (κ1) is 14.2. The van der Waals surface area contributed by atoms with Gasteiger partial charge in [0.15, 0.2) is 0 Å². The first-order chi connectivity index (χ1) is 10.1. The van der Waals surface area contributed by atoms with Gasteiger partial charge < -0.3 is 5.32 Å². The third-order valence-electron chi connectivity index (χ3n) is 3.71. The summed E-state index contributed by atoms with van der Waals surface area (Å²) in [5, 5.41) is 7.27. The molecule has 6 nitrogen and oxygen atoms in total. The third kappa shape index (κ3) is 2.99. The van der Waals surface area contributed by atoms with E-state index in [9.17, 15) is 8.42 Å². The summed E-state index contributed by atoms with van der Waals surface area (Å²) in [6.45, 7) is 1.90. The minimum Gasteiger partial charge on any atom is -0.309 e. The van der Waals surface area contributed by atoms with Crippen molar-refractivity contribution in [2.45, 2.75) is 24.4 Å². The highest BCUT2D eigenvalue weighted by molar-refractivity contribution is 7.89. The average Bonchev–Trinajstić information content (AvgIpc) is 3.07. The average molecular weight is 306 g/mol. The van der Waals surface area contributed by atoms with Crippen molar-refractivity contribution in [3.05, 3.63) is 47.3 Å². The maximum absolute atomic E-state index is 12.3. The lowest BCUT2D eigenvalue weighted by molar-refractivity contribution is 0.579. The summed E-state index contributed by atoms with van der Waals surface area (Å²) in [6, 6.07) is 7.18. The van der Waals surface area contributed by atoms with Crippen LogP contribution in [-0.4, -0.2) is 24.7 Å². The van der Waals surface area contributed by atoms with Gasteiger partial charge in [0.05, 0.1) is 4.90 Å². The first-order valence-corrected chi connectivity index (χ1v) is 8.34. The van der Waals surface area contributed by atoms with E-state index in [2.05, 4.69) is 15.1 Å². The second-order valence-corrected chi connectivity index (χ2v) is 6.89. The van der Waals surface area contributed by atoms with E-state index in [1.54, 1.807) is 23.0 Å². The van der Waals surface area contributed by atoms with E-state index in [0.29, 0.717) is 17.9 Å². The highest BCUT2D eigenvalue weighted by Crippen LogP contribution is 2.19. The number of sulfonamides is 1. The van der Waals surface area contributed by atoms with Crippen molar-refractivity contribution in [1.29, 1.82) is 0 Å². The zero-order valence-corrected chi connectivity index (χ0v) is 12.7. The number of nitrogens with one attached hydrogen (secondary N) is 2. The van der Waals surface area contributed by atoms with Gasteiger partial charge in [-0.15, -0.1) is 0 Å². The SMILES string of the molecule is Cn1nccc1CCNS(=O)(=O)c1ccc2c(c1)CNC2. The van der Waals surface area contributed by atoms with Gasteiger partial charge in [0.25, 0.3) is 0 Å². The Hall–Kier alpha value is -1.70. The molecular formula is C14H18N4O2S. The number of hydrogen-bond acceptors (Lipinski definition) is 4. The summed E-state index contributed by atoms with van der Waals surface area (Å²) in [4.78, 5) is 0.329. The third-order valence-corrected chi connectivity index (χ3v) is 5.17. The van der Waals surface area contributed by atoms with Crippen molar-refractivity contribution in [3.8, 4) is 0 Å². The molecule has 1 aromatic heterocycles. The van der Waals surface area contributed by atoms with E-state index < -0.39 is 10.0 Å². The molecule has 0 amide bonds. The van der Waals surface area contributed by atoms with Gasteiger partial charge >= 0.3 is 0 Å². The van der Waals surface area contributed by atoms with Crippen LogP contribution in [-0.2, 0) is 36.6 Å². The van der Waals surface area contributed by atoms with Crippen LogP contribution in [0, 0.1) is 0 Å². The second-order valence-electron chi connectivity index (χ2n) is 5.13. The van der Waals surface area contributed by atoms with Gasteiger partial charge in [0.1, 0.15) is 0 Å². The Kier molecular flexibility index (Phi) is 3.79. The van der Waals surface area contributed by atoms with E-state index in [4.69, 9.17) is 0 Å². The topological polar surface area (TPSA) is 76.0 Å². The van der Waals surface area contributed by atoms with Crippen LogP contribution in [0.15, 0.2) is 35.4 Å². The molecule has 2 aromatic rings. The number of aromatic nitrogens is 2. The van der Waals surface area contributed by atoms with Crippen molar-refractivity contribution >= 4 is 10.0 Å². The van der Waals surface area contributed by atoms with E-state index in [1.807, 2.05) is 19.2 Å². The molecular weight excluding hydrogens is 288 g/mol. The van der Waals surface area contributed by atoms with Gasteiger partial charge in [-0.05, 0) is 29.3 Å². The highest BCUT2D eigenvalue weighted by atomic mass is 32.2. The first-order valence-electron chi connectivity index (χ1n) is 6.85. The summed E-state index contributed by atoms with van der Waals surface area (Å²) < 4.78 is 29.0. The molecule has 0 atom stereocenters. The Labute approximate surface area is 124 Å². The zero-order valence-electron chi connectivity index (χ0n) is 11.8. The van der Waals surface area contributed by atoms with E-state index in [1.165, 1.54) is 5.56 Å². The molecule has 0 spiro atoms. The number of rotatable bonds is 5. The van der Waals surface area contributed by atoms with Crippen LogP contribution in [0.3, 0.4) is 0 Å². The Bertz CT molecular complexity index is 752. The van der Waals surface area contributed by atoms with Gasteiger partial charge in [0.2, 0.25) is 10.0 Å². The molecule has 0 saturated heterocycles. The van der Waals surface area contributed by atoms with Gasteiger partial charge in [-0.2, -0.15) is 5.10 Å². The van der Waals surface area contributed by atoms with E-state index in [-0.39, 0.29) is 0 Å². The lowest BCUT2D eigenvalue weighted by Crippen LogP contribution is -2.26. The predicted octanol–water partition coefficient (Wildman–Crippen LogP) is 0.544. The van der Waals surface area contributed by atoms with Crippen molar-refractivity contribution in [1.82, 2.24) is 19.8 Å². The maximum atomic E-state index is 12.3. The molecule has 2 N–H and O–H groups in total. The van der Waals surface area contributed by atoms with Gasteiger partial charge in [-0.3, -0.25) is 4.68 Å². The molecule has 7 heteroatoms. The van der Waals surface area contributed by atoms with Gasteiger partial charge in [-0.1, -0.05) is 6.07 Å². The van der Waals surface area contributed by atoms with Crippen molar-refractivity contribution < 1.29 is 8.42 Å². The molecule has 1 aromatic carbocycles. The van der Waals surface area contributed by atoms with E-state index >= 15 is 0 Å². The predicted molar refractivity (Wildman–Crippen MR) is 79.1 cm³/mol. The quantitative estimate of drug-likeness (QED) is 0.845. The normalized spacial score (nSPS) is 14.3. The molecule has 0 aliphatic carbocycles. The molecule has 112 valence electrons. The maximum Gasteiger partial charge on any atom is 0.240 e. The molecule has 0 fully saturated rings. The van der Waals surface area contributed by atoms with Crippen LogP contribution in [0.4, 0.5) is 0 Å². The Morgan fingerprint density at radius 1 is 1.29 bits per heavy atom. The Balaban J connectivity index is 1.68. The summed E-state index contributed by atoms with van der Waals surface area (Å²) in [5.41, 5.74) is 3.23. The number of nitrogens with zero attached hydrogens (tertiary/aromatic N) is 2. The summed E-state index contributed by atoms with van der Waals surface area (Å²) in [5.74, 6) is 0. The van der Waals surface area contributed by atoms with Crippen LogP contribution in [0.5, 0.6) is 0 Å². The smallest absolute Gasteiger partial charge is 0.240 e. The van der Waals surface area contributed by atoms with Gasteiger partial charge in [0, 0.05) is 45.0 Å². The van der Waals surface area contributed by atoms with Crippen molar-refractivity contribution in [2.75, 3.05) is 6.54 Å². The minimum atomic E-state index is -3.46. The van der Waals surface area contributed by atoms with E-state index in [0.717, 1.165) is 24.3 Å². The van der Waals surface area contributed by atoms with Gasteiger partial charge in [-0.25, -0.2) is 13.1 Å². The highest BCUT2D eigenvalue weighted by Gasteiger charge is 2.17. The monoisotopic (exact) mass is 306 g/mol. The number of fused-ring (bicyclic) bond motifs is 1. The molecule has 0 unspecified atom stereocenters. The van der Waals surface area contributed by atoms with Crippen LogP contribution >= 0.6 is 0 Å². The van der Waals surface area contributed by atoms with Crippen LogP contribution in [0.1, 0.15) is 16.8 Å². The molecule has 0 saturated carbocycles. The lowest BCUT2D eigenvalue weighted by Gasteiger charge is -2.08.